The molecule has 29 heavy (non-hydrogen) atoms. The second-order valence-corrected chi connectivity index (χ2v) is 7.79. The van der Waals surface area contributed by atoms with Gasteiger partial charge in [-0.2, -0.15) is 5.10 Å². The number of hydrogen-bond donors (Lipinski definition) is 4. The summed E-state index contributed by atoms with van der Waals surface area (Å²) in [5, 5.41) is 14.3. The van der Waals surface area contributed by atoms with Crippen LogP contribution in [-0.4, -0.2) is 33.9 Å². The molecule has 6 N–H and O–H groups in total. The maximum Gasteiger partial charge on any atom is 0.335 e. The Kier molecular flexibility index (Phi) is 6.06. The molecule has 1 saturated carbocycles. The fourth-order valence-electron chi connectivity index (χ4n) is 2.75. The third kappa shape index (κ3) is 4.50. The first kappa shape index (κ1) is 20.6. The Morgan fingerprint density at radius 3 is 2.21 bits per heavy atom. The Morgan fingerprint density at radius 2 is 1.72 bits per heavy atom. The molecule has 0 heterocycles. The van der Waals surface area contributed by atoms with Crippen molar-refractivity contribution in [3.8, 4) is 0 Å². The molecule has 0 unspecified atom stereocenters. The largest absolute Gasteiger partial charge is 0.478 e. The molecule has 152 valence electrons. The van der Waals surface area contributed by atoms with E-state index in [4.69, 9.17) is 21.6 Å². The van der Waals surface area contributed by atoms with Crippen LogP contribution in [0.5, 0.6) is 0 Å². The molecule has 0 saturated heterocycles. The average Bonchev–Trinajstić information content (AvgIpc) is 3.52. The molecule has 9 nitrogen and oxygen atoms in total. The molecule has 10 heteroatoms. The van der Waals surface area contributed by atoms with E-state index in [0.717, 1.165) is 5.69 Å². The number of hydrazine groups is 1. The van der Waals surface area contributed by atoms with Gasteiger partial charge in [-0.1, -0.05) is 11.8 Å². The van der Waals surface area contributed by atoms with Gasteiger partial charge in [-0.05, 0) is 61.4 Å². The minimum absolute atomic E-state index is 0.0257. The number of carboxylic acid groups (broad SMARTS) is 1. The van der Waals surface area contributed by atoms with Crippen LogP contribution in [0.2, 0.25) is 0 Å². The van der Waals surface area contributed by atoms with Crippen LogP contribution in [-0.2, 0) is 4.84 Å². The fourth-order valence-corrected chi connectivity index (χ4v) is 3.87. The maximum absolute atomic E-state index is 13.0. The number of thioether (sulfide) groups is 1. The number of hydrazone groups is 1. The third-order valence-corrected chi connectivity index (χ3v) is 5.95. The van der Waals surface area contributed by atoms with Crippen LogP contribution in [0.4, 0.5) is 11.4 Å². The summed E-state index contributed by atoms with van der Waals surface area (Å²) in [7, 11) is 1.51. The minimum Gasteiger partial charge on any atom is -0.478 e. The zero-order valence-electron chi connectivity index (χ0n) is 15.7. The zero-order chi connectivity index (χ0) is 21.0. The monoisotopic (exact) mass is 415 g/mol. The molecule has 0 spiro atoms. The fraction of sp³-hybridized carbons (Fsp3) is 0.211. The number of carboxylic acids is 1. The van der Waals surface area contributed by atoms with Gasteiger partial charge in [0.15, 0.2) is 5.78 Å². The second-order valence-electron chi connectivity index (χ2n) is 6.44. The number of anilines is 2. The van der Waals surface area contributed by atoms with Gasteiger partial charge >= 0.3 is 5.97 Å². The Labute approximate surface area is 171 Å². The summed E-state index contributed by atoms with van der Waals surface area (Å²) in [6.07, 6.45) is 1.36. The van der Waals surface area contributed by atoms with Crippen LogP contribution in [0.3, 0.4) is 0 Å². The third-order valence-electron chi connectivity index (χ3n) is 4.48. The van der Waals surface area contributed by atoms with Crippen molar-refractivity contribution >= 4 is 40.1 Å². The van der Waals surface area contributed by atoms with Gasteiger partial charge in [0, 0.05) is 5.56 Å². The molecular weight excluding hydrogens is 394 g/mol. The molecule has 0 bridgehead atoms. The first-order chi connectivity index (χ1) is 13.9. The highest BCUT2D eigenvalue weighted by molar-refractivity contribution is 8.16. The van der Waals surface area contributed by atoms with E-state index >= 15 is 0 Å². The SMILES string of the molecule is CONc1ccc(C(=O)C2(S/C(=N/N)N(N)c3ccc(C(=O)O)cc3)CC2)cc1. The van der Waals surface area contributed by atoms with Crippen molar-refractivity contribution in [2.45, 2.75) is 17.6 Å². The topological polar surface area (TPSA) is 143 Å². The first-order valence-corrected chi connectivity index (χ1v) is 9.51. The molecule has 2 aromatic rings. The number of hydrogen-bond acceptors (Lipinski definition) is 8. The Hall–Kier alpha value is -3.08. The van der Waals surface area contributed by atoms with E-state index in [-0.39, 0.29) is 16.5 Å². The van der Waals surface area contributed by atoms with Gasteiger partial charge < -0.3 is 10.9 Å². The summed E-state index contributed by atoms with van der Waals surface area (Å²) in [5.74, 6) is 10.6. The van der Waals surface area contributed by atoms with E-state index in [1.807, 2.05) is 0 Å². The van der Waals surface area contributed by atoms with Crippen molar-refractivity contribution < 1.29 is 19.5 Å². The minimum atomic E-state index is -1.03. The summed E-state index contributed by atoms with van der Waals surface area (Å²) in [6.45, 7) is 0. The highest BCUT2D eigenvalue weighted by atomic mass is 32.2. The van der Waals surface area contributed by atoms with Crippen molar-refractivity contribution in [1.82, 2.24) is 0 Å². The Balaban J connectivity index is 1.74. The number of carbonyl (C=O) groups is 2. The van der Waals surface area contributed by atoms with Crippen LogP contribution in [0.1, 0.15) is 33.6 Å². The number of nitrogens with two attached hydrogens (primary N) is 2. The second kappa shape index (κ2) is 8.52. The first-order valence-electron chi connectivity index (χ1n) is 8.69. The Morgan fingerprint density at radius 1 is 1.14 bits per heavy atom. The molecule has 0 aliphatic heterocycles. The van der Waals surface area contributed by atoms with Crippen molar-refractivity contribution in [3.63, 3.8) is 0 Å². The smallest absolute Gasteiger partial charge is 0.335 e. The van der Waals surface area contributed by atoms with Crippen LogP contribution < -0.4 is 22.2 Å². The van der Waals surface area contributed by atoms with E-state index in [1.165, 1.54) is 36.0 Å². The van der Waals surface area contributed by atoms with Crippen LogP contribution >= 0.6 is 11.8 Å². The predicted molar refractivity (Wildman–Crippen MR) is 113 cm³/mol. The maximum atomic E-state index is 13.0. The number of amidine groups is 1. The highest BCUT2D eigenvalue weighted by Crippen LogP contribution is 2.51. The van der Waals surface area contributed by atoms with Crippen molar-refractivity contribution in [3.05, 3.63) is 59.7 Å². The van der Waals surface area contributed by atoms with E-state index in [2.05, 4.69) is 10.6 Å². The standard InChI is InChI=1S/C19H21N5O4S/c1-28-23-14-6-2-12(3-7-14)16(25)19(10-11-19)29-18(22-20)24(21)15-8-4-13(5-9-15)17(26)27/h2-9,23H,10-11,20-21H2,1H3,(H,26,27)/b22-18+. The summed E-state index contributed by atoms with van der Waals surface area (Å²) in [6, 6.07) is 13.0. The molecule has 0 radical (unpaired) electrons. The lowest BCUT2D eigenvalue weighted by molar-refractivity contribution is 0.0696. The number of benzene rings is 2. The van der Waals surface area contributed by atoms with Gasteiger partial charge in [-0.25, -0.2) is 10.6 Å². The molecule has 1 aliphatic rings. The summed E-state index contributed by atoms with van der Waals surface area (Å²) >= 11 is 1.21. The zero-order valence-corrected chi connectivity index (χ0v) is 16.5. The molecule has 1 fully saturated rings. The lowest BCUT2D eigenvalue weighted by Crippen LogP contribution is -2.38. The van der Waals surface area contributed by atoms with Crippen LogP contribution in [0.25, 0.3) is 0 Å². The number of nitrogens with zero attached hydrogens (tertiary/aromatic N) is 2. The predicted octanol–water partition coefficient (Wildman–Crippen LogP) is 2.42. The summed E-state index contributed by atoms with van der Waals surface area (Å²) in [5.41, 5.74) is 4.66. The molecule has 1 aliphatic carbocycles. The van der Waals surface area contributed by atoms with Gasteiger partial charge in [0.05, 0.1) is 28.8 Å². The molecule has 0 atom stereocenters. The number of carbonyl (C=O) groups excluding carboxylic acids is 1. The average molecular weight is 415 g/mol. The summed E-state index contributed by atoms with van der Waals surface area (Å²) in [4.78, 5) is 28.9. The van der Waals surface area contributed by atoms with Gasteiger partial charge in [0.2, 0.25) is 5.17 Å². The number of rotatable bonds is 7. The van der Waals surface area contributed by atoms with Gasteiger partial charge in [0.1, 0.15) is 0 Å². The molecular formula is C19H21N5O4S. The quantitative estimate of drug-likeness (QED) is 0.176. The van der Waals surface area contributed by atoms with Crippen molar-refractivity contribution in [1.29, 1.82) is 0 Å². The van der Waals surface area contributed by atoms with Gasteiger partial charge in [0.25, 0.3) is 0 Å². The van der Waals surface area contributed by atoms with Gasteiger partial charge in [-0.3, -0.25) is 20.1 Å². The van der Waals surface area contributed by atoms with Crippen molar-refractivity contribution in [2.24, 2.45) is 16.8 Å². The molecule has 2 aromatic carbocycles. The summed E-state index contributed by atoms with van der Waals surface area (Å²) < 4.78 is -0.674. The molecule has 3 rings (SSSR count). The number of aromatic carboxylic acids is 1. The molecule has 0 aromatic heterocycles. The Bertz CT molecular complexity index is 927. The van der Waals surface area contributed by atoms with Crippen LogP contribution in [0.15, 0.2) is 53.6 Å². The van der Waals surface area contributed by atoms with E-state index in [9.17, 15) is 9.59 Å². The highest BCUT2D eigenvalue weighted by Gasteiger charge is 2.52. The normalized spacial score (nSPS) is 14.9. The lowest BCUT2D eigenvalue weighted by atomic mass is 10.1. The number of Topliss-reactive ketones (excluding diaryl/α,β-unsaturated/α-hetero) is 1. The number of nitrogens with one attached hydrogen (secondary N) is 1. The lowest BCUT2D eigenvalue weighted by Gasteiger charge is -2.23. The molecule has 0 amide bonds. The van der Waals surface area contributed by atoms with E-state index in [1.54, 1.807) is 36.4 Å². The van der Waals surface area contributed by atoms with E-state index in [0.29, 0.717) is 24.1 Å². The van der Waals surface area contributed by atoms with Gasteiger partial charge in [-0.15, -0.1) is 0 Å². The number of ketones is 1. The van der Waals surface area contributed by atoms with E-state index < -0.39 is 10.7 Å². The van der Waals surface area contributed by atoms with Crippen molar-refractivity contribution in [2.75, 3.05) is 17.6 Å². The van der Waals surface area contributed by atoms with Crippen LogP contribution in [0, 0.1) is 0 Å².